The maximum absolute atomic E-state index is 12.1. The standard InChI is InChI=1S/C14H14N2O4S/c1-16(8-10-3-2-6-21-10)14(20)15-12-5-4-9(17)7-11(12)13(18)19/h2-7,17H,8H2,1H3,(H,15,20)(H,18,19). The minimum absolute atomic E-state index is 0.142. The number of urea groups is 1. The number of nitrogens with one attached hydrogen (secondary N) is 1. The molecule has 3 N–H and O–H groups in total. The average molecular weight is 306 g/mol. The Labute approximate surface area is 125 Å². The van der Waals surface area contributed by atoms with Crippen molar-refractivity contribution in [1.82, 2.24) is 4.90 Å². The number of hydrogen-bond donors (Lipinski definition) is 3. The summed E-state index contributed by atoms with van der Waals surface area (Å²) in [6.07, 6.45) is 0. The molecular formula is C14H14N2O4S. The molecule has 1 aromatic carbocycles. The number of phenols is 1. The topological polar surface area (TPSA) is 89.9 Å². The van der Waals surface area contributed by atoms with Gasteiger partial charge in [0.25, 0.3) is 0 Å². The van der Waals surface area contributed by atoms with Gasteiger partial charge in [0.15, 0.2) is 0 Å². The molecule has 2 amide bonds. The van der Waals surface area contributed by atoms with Crippen LogP contribution in [0.25, 0.3) is 0 Å². The van der Waals surface area contributed by atoms with Gasteiger partial charge in [-0.1, -0.05) is 6.07 Å². The summed E-state index contributed by atoms with van der Waals surface area (Å²) in [5.41, 5.74) is -0.0174. The van der Waals surface area contributed by atoms with Crippen molar-refractivity contribution in [2.24, 2.45) is 0 Å². The molecule has 2 aromatic rings. The number of benzene rings is 1. The zero-order chi connectivity index (χ0) is 15.4. The van der Waals surface area contributed by atoms with E-state index in [0.29, 0.717) is 6.54 Å². The highest BCUT2D eigenvalue weighted by Gasteiger charge is 2.16. The second-order valence-electron chi connectivity index (χ2n) is 4.40. The number of carbonyl (C=O) groups excluding carboxylic acids is 1. The third kappa shape index (κ3) is 3.73. The molecule has 1 aromatic heterocycles. The van der Waals surface area contributed by atoms with E-state index in [-0.39, 0.29) is 17.0 Å². The third-order valence-corrected chi connectivity index (χ3v) is 3.66. The molecule has 110 valence electrons. The Hall–Kier alpha value is -2.54. The molecule has 0 aliphatic rings. The van der Waals surface area contributed by atoms with Gasteiger partial charge in [-0.05, 0) is 29.6 Å². The minimum atomic E-state index is -1.22. The zero-order valence-electron chi connectivity index (χ0n) is 11.2. The molecule has 0 radical (unpaired) electrons. The lowest BCUT2D eigenvalue weighted by Gasteiger charge is -2.18. The van der Waals surface area contributed by atoms with Crippen LogP contribution in [-0.2, 0) is 6.54 Å². The first-order chi connectivity index (χ1) is 9.97. The molecule has 0 unspecified atom stereocenters. The number of thiophene rings is 1. The molecular weight excluding hydrogens is 292 g/mol. The van der Waals surface area contributed by atoms with Crippen molar-refractivity contribution in [1.29, 1.82) is 0 Å². The Morgan fingerprint density at radius 3 is 2.71 bits per heavy atom. The van der Waals surface area contributed by atoms with Gasteiger partial charge in [-0.25, -0.2) is 9.59 Å². The summed E-state index contributed by atoms with van der Waals surface area (Å²) < 4.78 is 0. The van der Waals surface area contributed by atoms with Crippen molar-refractivity contribution in [2.45, 2.75) is 6.54 Å². The Morgan fingerprint density at radius 1 is 1.33 bits per heavy atom. The van der Waals surface area contributed by atoms with Gasteiger partial charge in [0.2, 0.25) is 0 Å². The maximum atomic E-state index is 12.1. The molecule has 6 nitrogen and oxygen atoms in total. The monoisotopic (exact) mass is 306 g/mol. The number of carbonyl (C=O) groups is 2. The minimum Gasteiger partial charge on any atom is -0.508 e. The maximum Gasteiger partial charge on any atom is 0.337 e. The van der Waals surface area contributed by atoms with Crippen molar-refractivity contribution in [3.63, 3.8) is 0 Å². The van der Waals surface area contributed by atoms with Crippen LogP contribution in [0.3, 0.4) is 0 Å². The lowest BCUT2D eigenvalue weighted by molar-refractivity contribution is 0.0697. The predicted molar refractivity (Wildman–Crippen MR) is 79.9 cm³/mol. The molecule has 0 bridgehead atoms. The van der Waals surface area contributed by atoms with E-state index >= 15 is 0 Å². The van der Waals surface area contributed by atoms with Crippen LogP contribution in [-0.4, -0.2) is 34.2 Å². The van der Waals surface area contributed by atoms with Crippen LogP contribution in [0.15, 0.2) is 35.7 Å². The lowest BCUT2D eigenvalue weighted by atomic mass is 10.1. The van der Waals surface area contributed by atoms with Gasteiger partial charge in [-0.3, -0.25) is 0 Å². The fraction of sp³-hybridized carbons (Fsp3) is 0.143. The van der Waals surface area contributed by atoms with Crippen LogP contribution in [0.1, 0.15) is 15.2 Å². The summed E-state index contributed by atoms with van der Waals surface area (Å²) >= 11 is 1.54. The number of carboxylic acids is 1. The van der Waals surface area contributed by atoms with Gasteiger partial charge >= 0.3 is 12.0 Å². The molecule has 0 saturated heterocycles. The van der Waals surface area contributed by atoms with E-state index < -0.39 is 12.0 Å². The van der Waals surface area contributed by atoms with E-state index in [9.17, 15) is 14.7 Å². The fourth-order valence-corrected chi connectivity index (χ4v) is 2.49. The van der Waals surface area contributed by atoms with E-state index in [0.717, 1.165) is 10.9 Å². The SMILES string of the molecule is CN(Cc1cccs1)C(=O)Nc1ccc(O)cc1C(=O)O. The number of phenolic OH excluding ortho intramolecular Hbond substituents is 1. The molecule has 0 saturated carbocycles. The summed E-state index contributed by atoms with van der Waals surface area (Å²) in [5, 5.41) is 22.8. The van der Waals surface area contributed by atoms with Crippen LogP contribution in [0.4, 0.5) is 10.5 Å². The average Bonchev–Trinajstić information content (AvgIpc) is 2.93. The highest BCUT2D eigenvalue weighted by atomic mass is 32.1. The lowest BCUT2D eigenvalue weighted by Crippen LogP contribution is -2.31. The number of amides is 2. The summed E-state index contributed by atoms with van der Waals surface area (Å²) in [4.78, 5) is 25.6. The van der Waals surface area contributed by atoms with Crippen LogP contribution < -0.4 is 5.32 Å². The van der Waals surface area contributed by atoms with Crippen LogP contribution in [0, 0.1) is 0 Å². The number of nitrogens with zero attached hydrogens (tertiary/aromatic N) is 1. The second-order valence-corrected chi connectivity index (χ2v) is 5.43. The Balaban J connectivity index is 2.10. The van der Waals surface area contributed by atoms with E-state index in [1.54, 1.807) is 7.05 Å². The zero-order valence-corrected chi connectivity index (χ0v) is 12.1. The summed E-state index contributed by atoms with van der Waals surface area (Å²) in [6.45, 7) is 0.435. The first-order valence-corrected chi connectivity index (χ1v) is 6.96. The molecule has 21 heavy (non-hydrogen) atoms. The quantitative estimate of drug-likeness (QED) is 0.758. The largest absolute Gasteiger partial charge is 0.508 e. The number of anilines is 1. The fourth-order valence-electron chi connectivity index (χ4n) is 1.74. The molecule has 0 spiro atoms. The van der Waals surface area contributed by atoms with E-state index in [1.165, 1.54) is 28.4 Å². The first kappa shape index (κ1) is 14.9. The number of aromatic hydroxyl groups is 1. The Bertz CT molecular complexity index is 655. The smallest absolute Gasteiger partial charge is 0.337 e. The second kappa shape index (κ2) is 6.27. The highest BCUT2D eigenvalue weighted by molar-refractivity contribution is 7.09. The summed E-state index contributed by atoms with van der Waals surface area (Å²) in [6, 6.07) is 7.16. The molecule has 0 fully saturated rings. The summed E-state index contributed by atoms with van der Waals surface area (Å²) in [7, 11) is 1.62. The van der Waals surface area contributed by atoms with Gasteiger partial charge in [0.05, 0.1) is 17.8 Å². The molecule has 0 aliphatic carbocycles. The van der Waals surface area contributed by atoms with Gasteiger partial charge < -0.3 is 20.4 Å². The van der Waals surface area contributed by atoms with Gasteiger partial charge in [-0.2, -0.15) is 0 Å². The van der Waals surface area contributed by atoms with Crippen molar-refractivity contribution < 1.29 is 19.8 Å². The Morgan fingerprint density at radius 2 is 2.10 bits per heavy atom. The van der Waals surface area contributed by atoms with Gasteiger partial charge in [0, 0.05) is 11.9 Å². The molecule has 1 heterocycles. The highest BCUT2D eigenvalue weighted by Crippen LogP contribution is 2.22. The van der Waals surface area contributed by atoms with Crippen molar-refractivity contribution in [2.75, 3.05) is 12.4 Å². The van der Waals surface area contributed by atoms with Gasteiger partial charge in [0.1, 0.15) is 5.75 Å². The number of aromatic carboxylic acids is 1. The first-order valence-electron chi connectivity index (χ1n) is 6.08. The van der Waals surface area contributed by atoms with Crippen LogP contribution in [0.5, 0.6) is 5.75 Å². The predicted octanol–water partition coefficient (Wildman–Crippen LogP) is 2.82. The molecule has 0 aliphatic heterocycles. The Kier molecular flexibility index (Phi) is 4.44. The van der Waals surface area contributed by atoms with Crippen LogP contribution >= 0.6 is 11.3 Å². The van der Waals surface area contributed by atoms with E-state index in [1.807, 2.05) is 17.5 Å². The van der Waals surface area contributed by atoms with Crippen LogP contribution in [0.2, 0.25) is 0 Å². The molecule has 7 heteroatoms. The van der Waals surface area contributed by atoms with Crippen molar-refractivity contribution in [3.05, 3.63) is 46.2 Å². The van der Waals surface area contributed by atoms with Gasteiger partial charge in [-0.15, -0.1) is 11.3 Å². The van der Waals surface area contributed by atoms with Crippen molar-refractivity contribution in [3.8, 4) is 5.75 Å². The number of rotatable bonds is 4. The number of carboxylic acid groups (broad SMARTS) is 1. The third-order valence-electron chi connectivity index (χ3n) is 2.79. The van der Waals surface area contributed by atoms with E-state index in [4.69, 9.17) is 5.11 Å². The number of hydrogen-bond acceptors (Lipinski definition) is 4. The van der Waals surface area contributed by atoms with E-state index in [2.05, 4.69) is 5.32 Å². The summed E-state index contributed by atoms with van der Waals surface area (Å²) in [5.74, 6) is -1.39. The molecule has 0 atom stereocenters. The molecule has 2 rings (SSSR count). The van der Waals surface area contributed by atoms with Crippen molar-refractivity contribution >= 4 is 29.0 Å². The normalized spacial score (nSPS) is 10.1.